The summed E-state index contributed by atoms with van der Waals surface area (Å²) < 4.78 is 14.1. The van der Waals surface area contributed by atoms with E-state index in [1.54, 1.807) is 6.07 Å². The molecular formula is C14H8Br2FNO3. The Morgan fingerprint density at radius 3 is 2.48 bits per heavy atom. The Hall–Kier alpha value is -1.73. The number of benzene rings is 2. The number of halogens is 3. The highest BCUT2D eigenvalue weighted by atomic mass is 79.9. The zero-order valence-corrected chi connectivity index (χ0v) is 13.5. The van der Waals surface area contributed by atoms with E-state index in [-0.39, 0.29) is 16.8 Å². The minimum absolute atomic E-state index is 0.0824. The van der Waals surface area contributed by atoms with Gasteiger partial charge in [0.1, 0.15) is 5.82 Å². The molecule has 7 heteroatoms. The van der Waals surface area contributed by atoms with Gasteiger partial charge in [0.2, 0.25) is 0 Å². The van der Waals surface area contributed by atoms with E-state index in [1.165, 1.54) is 24.3 Å². The highest BCUT2D eigenvalue weighted by Crippen LogP contribution is 2.31. The second kappa shape index (κ2) is 6.36. The third kappa shape index (κ3) is 3.68. The normalized spacial score (nSPS) is 10.2. The van der Waals surface area contributed by atoms with E-state index in [2.05, 4.69) is 37.2 Å². The maximum atomic E-state index is 13.1. The number of hydrogen-bond donors (Lipinski definition) is 2. The maximum absolute atomic E-state index is 13.1. The molecule has 2 aromatic rings. The lowest BCUT2D eigenvalue weighted by Crippen LogP contribution is -2.15. The van der Waals surface area contributed by atoms with Crippen molar-refractivity contribution in [3.8, 4) is 0 Å². The summed E-state index contributed by atoms with van der Waals surface area (Å²) in [5.74, 6) is -2.33. The molecule has 0 aliphatic heterocycles. The third-order valence-electron chi connectivity index (χ3n) is 2.61. The van der Waals surface area contributed by atoms with Crippen LogP contribution in [-0.4, -0.2) is 17.0 Å². The molecule has 0 unspecified atom stereocenters. The molecule has 0 spiro atoms. The Kier molecular flexibility index (Phi) is 4.74. The average Bonchev–Trinajstić information content (AvgIpc) is 2.41. The summed E-state index contributed by atoms with van der Waals surface area (Å²) in [4.78, 5) is 23.3. The number of aromatic carboxylic acids is 1. The first-order valence-corrected chi connectivity index (χ1v) is 7.26. The first-order chi connectivity index (χ1) is 9.88. The van der Waals surface area contributed by atoms with Crippen molar-refractivity contribution >= 4 is 49.4 Å². The lowest BCUT2D eigenvalue weighted by molar-refractivity contribution is 0.0698. The Morgan fingerprint density at radius 2 is 1.86 bits per heavy atom. The van der Waals surface area contributed by atoms with Crippen LogP contribution in [0.25, 0.3) is 0 Å². The minimum Gasteiger partial charge on any atom is -0.478 e. The van der Waals surface area contributed by atoms with Crippen LogP contribution in [0.1, 0.15) is 20.7 Å². The van der Waals surface area contributed by atoms with Crippen molar-refractivity contribution in [3.05, 3.63) is 62.3 Å². The van der Waals surface area contributed by atoms with Gasteiger partial charge in [-0.3, -0.25) is 4.79 Å². The summed E-state index contributed by atoms with van der Waals surface area (Å²) in [5.41, 5.74) is 0.127. The van der Waals surface area contributed by atoms with E-state index in [1.807, 2.05) is 0 Å². The number of carbonyl (C=O) groups excluding carboxylic acids is 1. The van der Waals surface area contributed by atoms with Gasteiger partial charge in [-0.1, -0.05) is 22.0 Å². The number of carboxylic acid groups (broad SMARTS) is 1. The number of carbonyl (C=O) groups is 2. The van der Waals surface area contributed by atoms with Crippen LogP contribution in [0.3, 0.4) is 0 Å². The molecule has 0 bridgehead atoms. The molecular weight excluding hydrogens is 409 g/mol. The van der Waals surface area contributed by atoms with Gasteiger partial charge in [0, 0.05) is 14.5 Å². The summed E-state index contributed by atoms with van der Waals surface area (Å²) in [7, 11) is 0. The van der Waals surface area contributed by atoms with Gasteiger partial charge in [0.25, 0.3) is 5.91 Å². The molecule has 0 saturated heterocycles. The molecule has 0 saturated carbocycles. The minimum atomic E-state index is -1.19. The van der Waals surface area contributed by atoms with Crippen LogP contribution >= 0.6 is 31.9 Å². The van der Waals surface area contributed by atoms with E-state index in [0.29, 0.717) is 8.95 Å². The molecule has 0 aliphatic rings. The number of carboxylic acids is 1. The summed E-state index contributed by atoms with van der Waals surface area (Å²) >= 11 is 6.38. The largest absolute Gasteiger partial charge is 0.478 e. The smallest absolute Gasteiger partial charge is 0.337 e. The molecule has 0 aromatic heterocycles. The fourth-order valence-electron chi connectivity index (χ4n) is 1.68. The molecule has 1 amide bonds. The molecule has 108 valence electrons. The Labute approximate surface area is 136 Å². The van der Waals surface area contributed by atoms with Crippen molar-refractivity contribution in [1.82, 2.24) is 0 Å². The van der Waals surface area contributed by atoms with Crippen LogP contribution < -0.4 is 5.32 Å². The number of anilines is 1. The van der Waals surface area contributed by atoms with Crippen LogP contribution in [0.5, 0.6) is 0 Å². The van der Waals surface area contributed by atoms with Crippen molar-refractivity contribution in [3.63, 3.8) is 0 Å². The SMILES string of the molecule is O=C(Nc1c(Br)cc(Br)cc1C(=O)O)c1cccc(F)c1. The summed E-state index contributed by atoms with van der Waals surface area (Å²) in [5, 5.41) is 11.7. The van der Waals surface area contributed by atoms with E-state index in [9.17, 15) is 19.1 Å². The molecule has 0 aliphatic carbocycles. The molecule has 4 nitrogen and oxygen atoms in total. The first-order valence-electron chi connectivity index (χ1n) is 5.67. The summed E-state index contributed by atoms with van der Waals surface area (Å²) in [6, 6.07) is 8.10. The van der Waals surface area contributed by atoms with Gasteiger partial charge in [-0.05, 0) is 46.3 Å². The highest BCUT2D eigenvalue weighted by Gasteiger charge is 2.17. The summed E-state index contributed by atoms with van der Waals surface area (Å²) in [6.45, 7) is 0. The molecule has 2 N–H and O–H groups in total. The predicted octanol–water partition coefficient (Wildman–Crippen LogP) is 4.30. The van der Waals surface area contributed by atoms with Gasteiger partial charge in [-0.2, -0.15) is 0 Å². The first kappa shape index (κ1) is 15.7. The number of amides is 1. The monoisotopic (exact) mass is 415 g/mol. The molecule has 0 fully saturated rings. The van der Waals surface area contributed by atoms with Gasteiger partial charge < -0.3 is 10.4 Å². The quantitative estimate of drug-likeness (QED) is 0.783. The van der Waals surface area contributed by atoms with Crippen LogP contribution in [-0.2, 0) is 0 Å². The Balaban J connectivity index is 2.39. The van der Waals surface area contributed by atoms with E-state index in [0.717, 1.165) is 6.07 Å². The molecule has 0 heterocycles. The van der Waals surface area contributed by atoms with E-state index < -0.39 is 17.7 Å². The zero-order valence-electron chi connectivity index (χ0n) is 10.4. The Morgan fingerprint density at radius 1 is 1.14 bits per heavy atom. The molecule has 2 aromatic carbocycles. The fourth-order valence-corrected chi connectivity index (χ4v) is 3.01. The van der Waals surface area contributed by atoms with Crippen molar-refractivity contribution in [2.24, 2.45) is 0 Å². The number of hydrogen-bond acceptors (Lipinski definition) is 2. The fraction of sp³-hybridized carbons (Fsp3) is 0. The van der Waals surface area contributed by atoms with Crippen molar-refractivity contribution < 1.29 is 19.1 Å². The lowest BCUT2D eigenvalue weighted by Gasteiger charge is -2.11. The number of rotatable bonds is 3. The molecule has 2 rings (SSSR count). The zero-order chi connectivity index (χ0) is 15.6. The third-order valence-corrected chi connectivity index (χ3v) is 3.69. The van der Waals surface area contributed by atoms with Gasteiger partial charge in [-0.25, -0.2) is 9.18 Å². The standard InChI is InChI=1S/C14H8Br2FNO3/c15-8-5-10(14(20)21)12(11(16)6-8)18-13(19)7-2-1-3-9(17)4-7/h1-6H,(H,18,19)(H,20,21). The summed E-state index contributed by atoms with van der Waals surface area (Å²) in [6.07, 6.45) is 0. The van der Waals surface area contributed by atoms with E-state index in [4.69, 9.17) is 0 Å². The van der Waals surface area contributed by atoms with Gasteiger partial charge in [0.15, 0.2) is 0 Å². The topological polar surface area (TPSA) is 66.4 Å². The van der Waals surface area contributed by atoms with Crippen LogP contribution in [0.15, 0.2) is 45.3 Å². The number of nitrogens with one attached hydrogen (secondary N) is 1. The average molecular weight is 417 g/mol. The highest BCUT2D eigenvalue weighted by molar-refractivity contribution is 9.11. The Bertz CT molecular complexity index is 734. The van der Waals surface area contributed by atoms with Crippen molar-refractivity contribution in [1.29, 1.82) is 0 Å². The van der Waals surface area contributed by atoms with Crippen molar-refractivity contribution in [2.75, 3.05) is 5.32 Å². The lowest BCUT2D eigenvalue weighted by atomic mass is 10.1. The van der Waals surface area contributed by atoms with Crippen LogP contribution in [0, 0.1) is 5.82 Å². The van der Waals surface area contributed by atoms with Crippen molar-refractivity contribution in [2.45, 2.75) is 0 Å². The second-order valence-electron chi connectivity index (χ2n) is 4.08. The van der Waals surface area contributed by atoms with E-state index >= 15 is 0 Å². The molecule has 0 atom stereocenters. The second-order valence-corrected chi connectivity index (χ2v) is 5.85. The maximum Gasteiger partial charge on any atom is 0.337 e. The van der Waals surface area contributed by atoms with Gasteiger partial charge in [-0.15, -0.1) is 0 Å². The van der Waals surface area contributed by atoms with Gasteiger partial charge in [0.05, 0.1) is 11.3 Å². The van der Waals surface area contributed by atoms with Crippen LogP contribution in [0.4, 0.5) is 10.1 Å². The van der Waals surface area contributed by atoms with Crippen LogP contribution in [0.2, 0.25) is 0 Å². The predicted molar refractivity (Wildman–Crippen MR) is 83.2 cm³/mol. The van der Waals surface area contributed by atoms with Gasteiger partial charge >= 0.3 is 5.97 Å². The molecule has 21 heavy (non-hydrogen) atoms. The molecule has 0 radical (unpaired) electrons.